The van der Waals surface area contributed by atoms with Crippen LogP contribution in [0.1, 0.15) is 55.7 Å². The maximum atomic E-state index is 13.7. The molecule has 8 heteroatoms. The minimum absolute atomic E-state index is 0.128. The van der Waals surface area contributed by atoms with Crippen molar-refractivity contribution in [3.05, 3.63) is 57.6 Å². The first-order valence-corrected chi connectivity index (χ1v) is 13.7. The van der Waals surface area contributed by atoms with Crippen LogP contribution in [-0.2, 0) is 31.5 Å². The van der Waals surface area contributed by atoms with E-state index in [-0.39, 0.29) is 23.5 Å². The zero-order valence-electron chi connectivity index (χ0n) is 19.1. The number of rotatable bonds is 6. The fourth-order valence-electron chi connectivity index (χ4n) is 5.14. The van der Waals surface area contributed by atoms with E-state index in [1.54, 1.807) is 36.4 Å². The number of halogens is 1. The normalized spacial score (nSPS) is 18.0. The first-order valence-electron chi connectivity index (χ1n) is 11.4. The average Bonchev–Trinajstić information content (AvgIpc) is 2.78. The third-order valence-corrected chi connectivity index (χ3v) is 8.99. The molecule has 0 N–H and O–H groups in total. The summed E-state index contributed by atoms with van der Waals surface area (Å²) in [4.78, 5) is 11.8. The number of esters is 1. The van der Waals surface area contributed by atoms with Crippen molar-refractivity contribution < 1.29 is 22.7 Å². The maximum absolute atomic E-state index is 13.7. The van der Waals surface area contributed by atoms with Crippen molar-refractivity contribution in [1.29, 1.82) is 0 Å². The number of benzene rings is 2. The third-order valence-electron chi connectivity index (χ3n) is 6.71. The van der Waals surface area contributed by atoms with Gasteiger partial charge >= 0.3 is 5.97 Å². The summed E-state index contributed by atoms with van der Waals surface area (Å²) in [5.74, 6) is 0.0168. The standard InChI is InChI=1S/C25H30BrNO5S/c1-3-31-24(28)16-32-23-10-8-21(13-18(23)2)33(29,30)27-15-19-14-20(26)7-9-22(19)25(17-27)11-5-4-6-12-25/h7-10,13-14H,3-6,11-12,15-17H2,1-2H3. The van der Waals surface area contributed by atoms with Crippen LogP contribution in [0.2, 0.25) is 0 Å². The molecule has 4 rings (SSSR count). The number of carbonyl (C=O) groups excluding carboxylic acids is 1. The number of hydrogen-bond donors (Lipinski definition) is 0. The Kier molecular flexibility index (Phi) is 7.17. The Balaban J connectivity index is 1.62. The molecule has 1 aliphatic carbocycles. The van der Waals surface area contributed by atoms with Crippen LogP contribution in [-0.4, -0.2) is 38.5 Å². The molecule has 1 aliphatic heterocycles. The zero-order valence-corrected chi connectivity index (χ0v) is 21.5. The van der Waals surface area contributed by atoms with E-state index < -0.39 is 16.0 Å². The molecular formula is C25H30BrNO5S. The highest BCUT2D eigenvalue weighted by Gasteiger charge is 2.44. The molecule has 1 fully saturated rings. The Morgan fingerprint density at radius 2 is 1.88 bits per heavy atom. The zero-order chi connectivity index (χ0) is 23.6. The van der Waals surface area contributed by atoms with Gasteiger partial charge in [0.25, 0.3) is 0 Å². The highest BCUT2D eigenvalue weighted by atomic mass is 79.9. The molecular weight excluding hydrogens is 506 g/mol. The molecule has 0 unspecified atom stereocenters. The van der Waals surface area contributed by atoms with Crippen LogP contribution in [0.5, 0.6) is 5.75 Å². The summed E-state index contributed by atoms with van der Waals surface area (Å²) in [6.07, 6.45) is 5.46. The second-order valence-corrected chi connectivity index (χ2v) is 11.8. The van der Waals surface area contributed by atoms with Gasteiger partial charge in [-0.3, -0.25) is 0 Å². The minimum atomic E-state index is -3.70. The predicted molar refractivity (Wildman–Crippen MR) is 130 cm³/mol. The van der Waals surface area contributed by atoms with Crippen molar-refractivity contribution in [2.24, 2.45) is 0 Å². The van der Waals surface area contributed by atoms with Gasteiger partial charge < -0.3 is 9.47 Å². The molecule has 2 aromatic rings. The summed E-state index contributed by atoms with van der Waals surface area (Å²) in [5, 5.41) is 0. The van der Waals surface area contributed by atoms with E-state index in [0.29, 0.717) is 24.4 Å². The Bertz CT molecular complexity index is 1140. The van der Waals surface area contributed by atoms with Crippen molar-refractivity contribution in [2.45, 2.75) is 62.8 Å². The summed E-state index contributed by atoms with van der Waals surface area (Å²) >= 11 is 3.56. The Labute approximate surface area is 204 Å². The molecule has 1 spiro atoms. The Hall–Kier alpha value is -1.90. The summed E-state index contributed by atoms with van der Waals surface area (Å²) in [6, 6.07) is 11.1. The quantitative estimate of drug-likeness (QED) is 0.480. The second kappa shape index (κ2) is 9.76. The fourth-order valence-corrected chi connectivity index (χ4v) is 7.14. The van der Waals surface area contributed by atoms with Gasteiger partial charge in [-0.05, 0) is 73.7 Å². The number of carbonyl (C=O) groups is 1. The smallest absolute Gasteiger partial charge is 0.344 e. The number of hydrogen-bond acceptors (Lipinski definition) is 5. The van der Waals surface area contributed by atoms with Crippen LogP contribution in [0, 0.1) is 6.92 Å². The molecule has 0 radical (unpaired) electrons. The topological polar surface area (TPSA) is 72.9 Å². The van der Waals surface area contributed by atoms with Gasteiger partial charge in [0.2, 0.25) is 10.0 Å². The summed E-state index contributed by atoms with van der Waals surface area (Å²) in [5.41, 5.74) is 2.91. The lowest BCUT2D eigenvalue weighted by molar-refractivity contribution is -0.145. The minimum Gasteiger partial charge on any atom is -0.482 e. The first kappa shape index (κ1) is 24.2. The van der Waals surface area contributed by atoms with Crippen LogP contribution in [0.4, 0.5) is 0 Å². The molecule has 2 aromatic carbocycles. The van der Waals surface area contributed by atoms with Gasteiger partial charge in [0, 0.05) is 23.0 Å². The van der Waals surface area contributed by atoms with Gasteiger partial charge in [0.1, 0.15) is 5.75 Å². The molecule has 178 valence electrons. The highest BCUT2D eigenvalue weighted by Crippen LogP contribution is 2.46. The van der Waals surface area contributed by atoms with Gasteiger partial charge in [-0.25, -0.2) is 13.2 Å². The number of sulfonamides is 1. The molecule has 0 amide bonds. The van der Waals surface area contributed by atoms with E-state index in [0.717, 1.165) is 35.7 Å². The monoisotopic (exact) mass is 535 g/mol. The maximum Gasteiger partial charge on any atom is 0.344 e. The van der Waals surface area contributed by atoms with Gasteiger partial charge in [0.15, 0.2) is 6.61 Å². The van der Waals surface area contributed by atoms with E-state index in [4.69, 9.17) is 9.47 Å². The molecule has 33 heavy (non-hydrogen) atoms. The number of fused-ring (bicyclic) bond motifs is 2. The molecule has 2 aliphatic rings. The van der Waals surface area contributed by atoms with E-state index in [9.17, 15) is 13.2 Å². The van der Waals surface area contributed by atoms with Gasteiger partial charge in [-0.15, -0.1) is 0 Å². The molecule has 0 atom stereocenters. The average molecular weight is 536 g/mol. The summed E-state index contributed by atoms with van der Waals surface area (Å²) in [7, 11) is -3.70. The molecule has 1 saturated carbocycles. The number of ether oxygens (including phenoxy) is 2. The lowest BCUT2D eigenvalue weighted by Crippen LogP contribution is -2.48. The van der Waals surface area contributed by atoms with E-state index in [1.807, 2.05) is 0 Å². The molecule has 0 saturated heterocycles. The van der Waals surface area contributed by atoms with Crippen molar-refractivity contribution in [2.75, 3.05) is 19.8 Å². The van der Waals surface area contributed by atoms with E-state index >= 15 is 0 Å². The van der Waals surface area contributed by atoms with Crippen LogP contribution in [0.25, 0.3) is 0 Å². The van der Waals surface area contributed by atoms with Crippen LogP contribution in [0.15, 0.2) is 45.8 Å². The van der Waals surface area contributed by atoms with Gasteiger partial charge in [-0.1, -0.05) is 41.3 Å². The van der Waals surface area contributed by atoms with Crippen LogP contribution >= 0.6 is 15.9 Å². The van der Waals surface area contributed by atoms with E-state index in [2.05, 4.69) is 34.1 Å². The van der Waals surface area contributed by atoms with Crippen molar-refractivity contribution >= 4 is 31.9 Å². The molecule has 0 bridgehead atoms. The SMILES string of the molecule is CCOC(=O)COc1ccc(S(=O)(=O)N2Cc3cc(Br)ccc3C3(CCCCC3)C2)cc1C. The third kappa shape index (κ3) is 4.98. The van der Waals surface area contributed by atoms with E-state index in [1.165, 1.54) is 12.0 Å². The van der Waals surface area contributed by atoms with Crippen LogP contribution < -0.4 is 4.74 Å². The summed E-state index contributed by atoms with van der Waals surface area (Å²) < 4.78 is 40.5. The van der Waals surface area contributed by atoms with Gasteiger partial charge in [-0.2, -0.15) is 4.31 Å². The fraction of sp³-hybridized carbons (Fsp3) is 0.480. The highest BCUT2D eigenvalue weighted by molar-refractivity contribution is 9.10. The molecule has 6 nitrogen and oxygen atoms in total. The van der Waals surface area contributed by atoms with Crippen molar-refractivity contribution in [1.82, 2.24) is 4.31 Å². The second-order valence-electron chi connectivity index (χ2n) is 8.94. The lowest BCUT2D eigenvalue weighted by atomic mass is 9.66. The Morgan fingerprint density at radius 1 is 1.12 bits per heavy atom. The summed E-state index contributed by atoms with van der Waals surface area (Å²) in [6.45, 7) is 4.46. The van der Waals surface area contributed by atoms with Crippen molar-refractivity contribution in [3.63, 3.8) is 0 Å². The number of aryl methyl sites for hydroxylation is 1. The van der Waals surface area contributed by atoms with Gasteiger partial charge in [0.05, 0.1) is 11.5 Å². The molecule has 0 aromatic heterocycles. The lowest BCUT2D eigenvalue weighted by Gasteiger charge is -2.46. The van der Waals surface area contributed by atoms with Crippen molar-refractivity contribution in [3.8, 4) is 5.75 Å². The molecule has 1 heterocycles. The largest absolute Gasteiger partial charge is 0.482 e. The van der Waals surface area contributed by atoms with Crippen LogP contribution in [0.3, 0.4) is 0 Å². The number of nitrogens with zero attached hydrogens (tertiary/aromatic N) is 1. The predicted octanol–water partition coefficient (Wildman–Crippen LogP) is 5.11. The Morgan fingerprint density at radius 3 is 2.58 bits per heavy atom. The first-order chi connectivity index (χ1) is 15.7.